The average Bonchev–Trinajstić information content (AvgIpc) is 2.65. The van der Waals surface area contributed by atoms with E-state index in [1.54, 1.807) is 19.1 Å². The van der Waals surface area contributed by atoms with Gasteiger partial charge in [0.25, 0.3) is 5.91 Å². The van der Waals surface area contributed by atoms with Gasteiger partial charge in [-0.25, -0.2) is 14.4 Å². The van der Waals surface area contributed by atoms with Crippen LogP contribution in [0.4, 0.5) is 21.7 Å². The standard InChI is InChI=1S/C19H25FN6O2/c1-10-7-11(8-16(23-10)28-2)24-18-12(17(22)27)9-13(20)19(26-18)25-15-6-4-3-5-14(15)21/h7-9,14-15H,3-6,21H2,1-2H3,(H2,22,27)(H2,23,24,25,26)/t14-,15?/m0/s1. The number of hydrogen-bond acceptors (Lipinski definition) is 7. The molecule has 2 aromatic heterocycles. The first kappa shape index (κ1) is 19.8. The number of hydrogen-bond donors (Lipinski definition) is 4. The van der Waals surface area contributed by atoms with E-state index < -0.39 is 11.7 Å². The topological polar surface area (TPSA) is 128 Å². The van der Waals surface area contributed by atoms with E-state index in [9.17, 15) is 9.18 Å². The number of amides is 1. The summed E-state index contributed by atoms with van der Waals surface area (Å²) in [4.78, 5) is 20.3. The van der Waals surface area contributed by atoms with E-state index in [0.717, 1.165) is 31.7 Å². The molecule has 150 valence electrons. The summed E-state index contributed by atoms with van der Waals surface area (Å²) in [5, 5.41) is 6.10. The lowest BCUT2D eigenvalue weighted by Crippen LogP contribution is -2.43. The summed E-state index contributed by atoms with van der Waals surface area (Å²) in [5.74, 6) is -0.856. The molecule has 3 rings (SSSR count). The highest BCUT2D eigenvalue weighted by molar-refractivity contribution is 5.98. The number of primary amides is 1. The maximum absolute atomic E-state index is 14.6. The smallest absolute Gasteiger partial charge is 0.252 e. The van der Waals surface area contributed by atoms with E-state index >= 15 is 0 Å². The number of nitrogens with two attached hydrogens (primary N) is 2. The summed E-state index contributed by atoms with van der Waals surface area (Å²) in [6.45, 7) is 1.80. The first-order valence-electron chi connectivity index (χ1n) is 9.19. The highest BCUT2D eigenvalue weighted by Gasteiger charge is 2.24. The van der Waals surface area contributed by atoms with Crippen molar-refractivity contribution in [3.63, 3.8) is 0 Å². The normalized spacial score (nSPS) is 19.1. The van der Waals surface area contributed by atoms with Crippen molar-refractivity contribution in [1.82, 2.24) is 9.97 Å². The number of ether oxygens (including phenoxy) is 1. The zero-order valence-electron chi connectivity index (χ0n) is 16.0. The molecule has 0 radical (unpaired) electrons. The Morgan fingerprint density at radius 1 is 1.21 bits per heavy atom. The number of rotatable bonds is 6. The third-order valence-electron chi connectivity index (χ3n) is 4.78. The third-order valence-corrected chi connectivity index (χ3v) is 4.78. The lowest BCUT2D eigenvalue weighted by molar-refractivity contribution is 0.100. The molecule has 1 saturated carbocycles. The maximum atomic E-state index is 14.6. The summed E-state index contributed by atoms with van der Waals surface area (Å²) in [5.41, 5.74) is 12.8. The second-order valence-electron chi connectivity index (χ2n) is 6.94. The molecule has 0 aromatic carbocycles. The number of methoxy groups -OCH3 is 1. The first-order chi connectivity index (χ1) is 13.4. The van der Waals surface area contributed by atoms with Gasteiger partial charge in [-0.05, 0) is 31.9 Å². The van der Waals surface area contributed by atoms with Crippen molar-refractivity contribution in [2.75, 3.05) is 17.7 Å². The lowest BCUT2D eigenvalue weighted by Gasteiger charge is -2.30. The molecule has 6 N–H and O–H groups in total. The quantitative estimate of drug-likeness (QED) is 0.598. The van der Waals surface area contributed by atoms with Crippen LogP contribution in [-0.2, 0) is 0 Å². The Kier molecular flexibility index (Phi) is 5.93. The zero-order chi connectivity index (χ0) is 20.3. The molecule has 0 saturated heterocycles. The largest absolute Gasteiger partial charge is 0.481 e. The minimum absolute atomic E-state index is 0.0348. The van der Waals surface area contributed by atoms with Crippen LogP contribution in [0.1, 0.15) is 41.7 Å². The number of pyridine rings is 2. The van der Waals surface area contributed by atoms with E-state index in [0.29, 0.717) is 17.3 Å². The number of carbonyl (C=O) groups excluding carboxylic acids is 1. The maximum Gasteiger partial charge on any atom is 0.252 e. The molecule has 28 heavy (non-hydrogen) atoms. The van der Waals surface area contributed by atoms with Crippen LogP contribution < -0.4 is 26.8 Å². The summed E-state index contributed by atoms with van der Waals surface area (Å²) in [6, 6.07) is 4.33. The van der Waals surface area contributed by atoms with E-state index in [4.69, 9.17) is 16.2 Å². The Morgan fingerprint density at radius 3 is 2.64 bits per heavy atom. The van der Waals surface area contributed by atoms with Crippen LogP contribution in [0.3, 0.4) is 0 Å². The fraction of sp³-hybridized carbons (Fsp3) is 0.421. The second kappa shape index (κ2) is 8.39. The van der Waals surface area contributed by atoms with Gasteiger partial charge in [0.05, 0.1) is 12.7 Å². The number of aryl methyl sites for hydroxylation is 1. The number of nitrogens with one attached hydrogen (secondary N) is 2. The fourth-order valence-corrected chi connectivity index (χ4v) is 3.34. The highest BCUT2D eigenvalue weighted by atomic mass is 19.1. The van der Waals surface area contributed by atoms with Crippen LogP contribution in [0.15, 0.2) is 18.2 Å². The monoisotopic (exact) mass is 388 g/mol. The Morgan fingerprint density at radius 2 is 1.96 bits per heavy atom. The molecule has 0 bridgehead atoms. The summed E-state index contributed by atoms with van der Waals surface area (Å²) in [6.07, 6.45) is 3.79. The van der Waals surface area contributed by atoms with Gasteiger partial charge in [0.15, 0.2) is 11.6 Å². The molecule has 1 aliphatic rings. The predicted octanol–water partition coefficient (Wildman–Crippen LogP) is 2.46. The number of carbonyl (C=O) groups is 1. The molecule has 0 aliphatic heterocycles. The molecular weight excluding hydrogens is 363 g/mol. The number of aromatic nitrogens is 2. The van der Waals surface area contributed by atoms with Gasteiger partial charge in [0.2, 0.25) is 5.88 Å². The van der Waals surface area contributed by atoms with E-state index in [1.165, 1.54) is 7.11 Å². The van der Waals surface area contributed by atoms with Gasteiger partial charge in [-0.15, -0.1) is 0 Å². The molecule has 8 nitrogen and oxygen atoms in total. The van der Waals surface area contributed by atoms with Crippen LogP contribution in [0.25, 0.3) is 0 Å². The number of halogens is 1. The fourth-order valence-electron chi connectivity index (χ4n) is 3.34. The van der Waals surface area contributed by atoms with Gasteiger partial charge in [0, 0.05) is 29.5 Å². The van der Waals surface area contributed by atoms with Crippen molar-refractivity contribution in [2.45, 2.75) is 44.7 Å². The van der Waals surface area contributed by atoms with Crippen LogP contribution in [0, 0.1) is 12.7 Å². The molecular formula is C19H25FN6O2. The summed E-state index contributed by atoms with van der Waals surface area (Å²) < 4.78 is 19.7. The van der Waals surface area contributed by atoms with Crippen molar-refractivity contribution >= 4 is 23.2 Å². The van der Waals surface area contributed by atoms with Crippen LogP contribution in [-0.4, -0.2) is 35.1 Å². The van der Waals surface area contributed by atoms with E-state index in [-0.39, 0.29) is 29.3 Å². The minimum atomic E-state index is -0.785. The van der Waals surface area contributed by atoms with Crippen molar-refractivity contribution in [3.05, 3.63) is 35.3 Å². The van der Waals surface area contributed by atoms with E-state index in [1.807, 2.05) is 0 Å². The summed E-state index contributed by atoms with van der Waals surface area (Å²) >= 11 is 0. The van der Waals surface area contributed by atoms with Gasteiger partial charge < -0.3 is 26.8 Å². The number of anilines is 3. The molecule has 1 fully saturated rings. The van der Waals surface area contributed by atoms with Crippen LogP contribution >= 0.6 is 0 Å². The van der Waals surface area contributed by atoms with Crippen molar-refractivity contribution in [2.24, 2.45) is 11.5 Å². The molecule has 1 aliphatic carbocycles. The molecule has 9 heteroatoms. The van der Waals surface area contributed by atoms with Gasteiger partial charge in [-0.3, -0.25) is 4.79 Å². The third kappa shape index (κ3) is 4.48. The Balaban J connectivity index is 1.94. The average molecular weight is 388 g/mol. The van der Waals surface area contributed by atoms with Crippen LogP contribution in [0.2, 0.25) is 0 Å². The molecule has 2 heterocycles. The van der Waals surface area contributed by atoms with Crippen molar-refractivity contribution in [1.29, 1.82) is 0 Å². The molecule has 1 amide bonds. The SMILES string of the molecule is COc1cc(Nc2nc(NC3CCCC[C@@H]3N)c(F)cc2C(N)=O)cc(C)n1. The van der Waals surface area contributed by atoms with Crippen molar-refractivity contribution < 1.29 is 13.9 Å². The number of nitrogens with zero attached hydrogens (tertiary/aromatic N) is 2. The Bertz CT molecular complexity index is 876. The first-order valence-corrected chi connectivity index (χ1v) is 9.19. The molecule has 1 unspecified atom stereocenters. The predicted molar refractivity (Wildman–Crippen MR) is 105 cm³/mol. The second-order valence-corrected chi connectivity index (χ2v) is 6.94. The molecule has 0 spiro atoms. The molecule has 2 atom stereocenters. The Labute approximate surface area is 162 Å². The lowest BCUT2D eigenvalue weighted by atomic mass is 9.91. The van der Waals surface area contributed by atoms with Crippen molar-refractivity contribution in [3.8, 4) is 5.88 Å². The van der Waals surface area contributed by atoms with E-state index in [2.05, 4.69) is 20.6 Å². The van der Waals surface area contributed by atoms with Gasteiger partial charge >= 0.3 is 0 Å². The minimum Gasteiger partial charge on any atom is -0.481 e. The van der Waals surface area contributed by atoms with Gasteiger partial charge in [-0.2, -0.15) is 0 Å². The van der Waals surface area contributed by atoms with Crippen LogP contribution in [0.5, 0.6) is 5.88 Å². The highest BCUT2D eigenvalue weighted by Crippen LogP contribution is 2.27. The van der Waals surface area contributed by atoms with Gasteiger partial charge in [0.1, 0.15) is 5.82 Å². The molecule has 2 aromatic rings. The summed E-state index contributed by atoms with van der Waals surface area (Å²) in [7, 11) is 1.51. The van der Waals surface area contributed by atoms with Gasteiger partial charge in [-0.1, -0.05) is 12.8 Å². The zero-order valence-corrected chi connectivity index (χ0v) is 16.0. The Hall–Kier alpha value is -2.94.